The second-order valence-corrected chi connectivity index (χ2v) is 5.28. The summed E-state index contributed by atoms with van der Waals surface area (Å²) in [5, 5.41) is 2.87. The number of carbonyl (C=O) groups excluding carboxylic acids is 1. The van der Waals surface area contributed by atoms with Crippen LogP contribution in [-0.4, -0.2) is 11.9 Å². The van der Waals surface area contributed by atoms with E-state index >= 15 is 0 Å². The molecule has 0 aliphatic heterocycles. The Balaban J connectivity index is 2.74. The fourth-order valence-corrected chi connectivity index (χ4v) is 1.97. The zero-order valence-electron chi connectivity index (χ0n) is 10.5. The maximum absolute atomic E-state index is 11.9. The molecule has 2 atom stereocenters. The Hall–Kier alpha value is -0.870. The van der Waals surface area contributed by atoms with E-state index in [-0.39, 0.29) is 11.8 Å². The summed E-state index contributed by atoms with van der Waals surface area (Å²) in [6.07, 6.45) is 0.897. The molecule has 0 bridgehead atoms. The summed E-state index contributed by atoms with van der Waals surface area (Å²) >= 11 is 3.39. The molecule has 0 heterocycles. The van der Waals surface area contributed by atoms with E-state index in [1.807, 2.05) is 39.0 Å². The third-order valence-electron chi connectivity index (χ3n) is 3.01. The minimum atomic E-state index is -0.456. The first-order valence-electron chi connectivity index (χ1n) is 5.78. The monoisotopic (exact) mass is 298 g/mol. The molecule has 0 fully saturated rings. The van der Waals surface area contributed by atoms with E-state index in [0.717, 1.165) is 22.1 Å². The maximum Gasteiger partial charge on any atom is 0.241 e. The summed E-state index contributed by atoms with van der Waals surface area (Å²) in [7, 11) is 0. The molecule has 1 aromatic rings. The van der Waals surface area contributed by atoms with Crippen LogP contribution in [0.25, 0.3) is 0 Å². The second-order valence-electron chi connectivity index (χ2n) is 4.36. The van der Waals surface area contributed by atoms with E-state index in [4.69, 9.17) is 5.73 Å². The second kappa shape index (κ2) is 6.17. The lowest BCUT2D eigenvalue weighted by atomic mass is 9.99. The normalized spacial score (nSPS) is 14.2. The van der Waals surface area contributed by atoms with Gasteiger partial charge in [0.25, 0.3) is 0 Å². The van der Waals surface area contributed by atoms with Gasteiger partial charge in [0.05, 0.1) is 6.04 Å². The average molecular weight is 299 g/mol. The topological polar surface area (TPSA) is 55.1 Å². The van der Waals surface area contributed by atoms with Gasteiger partial charge in [0.15, 0.2) is 0 Å². The minimum Gasteiger partial charge on any atom is -0.324 e. The van der Waals surface area contributed by atoms with Gasteiger partial charge in [-0.05, 0) is 36.6 Å². The van der Waals surface area contributed by atoms with Crippen molar-refractivity contribution >= 4 is 27.5 Å². The van der Waals surface area contributed by atoms with Crippen LogP contribution in [0.5, 0.6) is 0 Å². The first-order chi connectivity index (χ1) is 7.95. The Kier molecular flexibility index (Phi) is 5.15. The van der Waals surface area contributed by atoms with Crippen LogP contribution in [-0.2, 0) is 4.79 Å². The number of hydrogen-bond donors (Lipinski definition) is 2. The molecule has 1 rings (SSSR count). The van der Waals surface area contributed by atoms with E-state index in [1.54, 1.807) is 0 Å². The van der Waals surface area contributed by atoms with Gasteiger partial charge in [-0.2, -0.15) is 0 Å². The SMILES string of the molecule is CCC(C)C(N)C(=O)Nc1ccc(Br)cc1C. The molecule has 0 aliphatic rings. The lowest BCUT2D eigenvalue weighted by molar-refractivity contribution is -0.118. The number of rotatable bonds is 4. The van der Waals surface area contributed by atoms with Crippen molar-refractivity contribution in [3.8, 4) is 0 Å². The molecule has 1 amide bonds. The first-order valence-corrected chi connectivity index (χ1v) is 6.57. The van der Waals surface area contributed by atoms with Crippen LogP contribution in [0.2, 0.25) is 0 Å². The Morgan fingerprint density at radius 2 is 2.18 bits per heavy atom. The largest absolute Gasteiger partial charge is 0.324 e. The number of aryl methyl sites for hydroxylation is 1. The molecule has 4 heteroatoms. The van der Waals surface area contributed by atoms with Crippen molar-refractivity contribution in [3.63, 3.8) is 0 Å². The molecule has 0 aliphatic carbocycles. The van der Waals surface area contributed by atoms with Gasteiger partial charge in [-0.3, -0.25) is 4.79 Å². The summed E-state index contributed by atoms with van der Waals surface area (Å²) in [6, 6.07) is 5.28. The van der Waals surface area contributed by atoms with Crippen LogP contribution >= 0.6 is 15.9 Å². The van der Waals surface area contributed by atoms with Crippen LogP contribution in [0, 0.1) is 12.8 Å². The highest BCUT2D eigenvalue weighted by Gasteiger charge is 2.19. The van der Waals surface area contributed by atoms with Crippen LogP contribution in [0.4, 0.5) is 5.69 Å². The molecular weight excluding hydrogens is 280 g/mol. The van der Waals surface area contributed by atoms with Gasteiger partial charge < -0.3 is 11.1 Å². The van der Waals surface area contributed by atoms with Crippen molar-refractivity contribution < 1.29 is 4.79 Å². The van der Waals surface area contributed by atoms with E-state index in [9.17, 15) is 4.79 Å². The van der Waals surface area contributed by atoms with Crippen molar-refractivity contribution in [2.75, 3.05) is 5.32 Å². The summed E-state index contributed by atoms with van der Waals surface area (Å²) < 4.78 is 0.999. The fraction of sp³-hybridized carbons (Fsp3) is 0.462. The van der Waals surface area contributed by atoms with Gasteiger partial charge >= 0.3 is 0 Å². The molecule has 94 valence electrons. The molecule has 17 heavy (non-hydrogen) atoms. The molecular formula is C13H19BrN2O. The van der Waals surface area contributed by atoms with Gasteiger partial charge in [-0.25, -0.2) is 0 Å². The number of carbonyl (C=O) groups is 1. The number of halogens is 1. The number of benzene rings is 1. The highest BCUT2D eigenvalue weighted by atomic mass is 79.9. The number of nitrogens with one attached hydrogen (secondary N) is 1. The van der Waals surface area contributed by atoms with Crippen molar-refractivity contribution in [1.82, 2.24) is 0 Å². The zero-order valence-corrected chi connectivity index (χ0v) is 12.0. The number of anilines is 1. The highest BCUT2D eigenvalue weighted by molar-refractivity contribution is 9.10. The number of amides is 1. The van der Waals surface area contributed by atoms with Crippen LogP contribution in [0.1, 0.15) is 25.8 Å². The molecule has 0 saturated heterocycles. The van der Waals surface area contributed by atoms with Crippen LogP contribution in [0.3, 0.4) is 0 Å². The molecule has 2 unspecified atom stereocenters. The van der Waals surface area contributed by atoms with Crippen molar-refractivity contribution in [1.29, 1.82) is 0 Å². The molecule has 1 aromatic carbocycles. The van der Waals surface area contributed by atoms with Gasteiger partial charge in [0.2, 0.25) is 5.91 Å². The third kappa shape index (κ3) is 3.82. The number of hydrogen-bond acceptors (Lipinski definition) is 2. The Morgan fingerprint density at radius 1 is 1.53 bits per heavy atom. The smallest absolute Gasteiger partial charge is 0.241 e. The van der Waals surface area contributed by atoms with Crippen molar-refractivity contribution in [3.05, 3.63) is 28.2 Å². The van der Waals surface area contributed by atoms with Crippen molar-refractivity contribution in [2.24, 2.45) is 11.7 Å². The Labute approximate surface area is 111 Å². The predicted molar refractivity (Wildman–Crippen MR) is 74.9 cm³/mol. The van der Waals surface area contributed by atoms with E-state index in [2.05, 4.69) is 21.2 Å². The molecule has 0 radical (unpaired) electrons. The highest BCUT2D eigenvalue weighted by Crippen LogP contribution is 2.20. The quantitative estimate of drug-likeness (QED) is 0.897. The van der Waals surface area contributed by atoms with Crippen LogP contribution < -0.4 is 11.1 Å². The Bertz CT molecular complexity index is 406. The lowest BCUT2D eigenvalue weighted by Gasteiger charge is -2.18. The van der Waals surface area contributed by atoms with Gasteiger partial charge in [-0.15, -0.1) is 0 Å². The first kappa shape index (κ1) is 14.2. The molecule has 3 N–H and O–H groups in total. The van der Waals surface area contributed by atoms with Gasteiger partial charge in [0, 0.05) is 10.2 Å². The zero-order chi connectivity index (χ0) is 13.0. The minimum absolute atomic E-state index is 0.121. The maximum atomic E-state index is 11.9. The number of nitrogens with two attached hydrogens (primary N) is 1. The average Bonchev–Trinajstić information content (AvgIpc) is 2.30. The van der Waals surface area contributed by atoms with E-state index < -0.39 is 6.04 Å². The molecule has 0 spiro atoms. The van der Waals surface area contributed by atoms with Crippen molar-refractivity contribution in [2.45, 2.75) is 33.2 Å². The van der Waals surface area contributed by atoms with E-state index in [1.165, 1.54) is 0 Å². The summed E-state index contributed by atoms with van der Waals surface area (Å²) in [4.78, 5) is 11.9. The fourth-order valence-electron chi connectivity index (χ4n) is 1.50. The standard InChI is InChI=1S/C13H19BrN2O/c1-4-8(2)12(15)13(17)16-11-6-5-10(14)7-9(11)3/h5-8,12H,4,15H2,1-3H3,(H,16,17). The van der Waals surface area contributed by atoms with Gasteiger partial charge in [0.1, 0.15) is 0 Å². The van der Waals surface area contributed by atoms with E-state index in [0.29, 0.717) is 0 Å². The predicted octanol–water partition coefficient (Wildman–Crippen LogP) is 3.07. The summed E-state index contributed by atoms with van der Waals surface area (Å²) in [6.45, 7) is 5.97. The third-order valence-corrected chi connectivity index (χ3v) is 3.50. The Morgan fingerprint density at radius 3 is 2.71 bits per heavy atom. The van der Waals surface area contributed by atoms with Gasteiger partial charge in [-0.1, -0.05) is 36.2 Å². The molecule has 3 nitrogen and oxygen atoms in total. The van der Waals surface area contributed by atoms with Crippen LogP contribution in [0.15, 0.2) is 22.7 Å². The molecule has 0 saturated carbocycles. The summed E-state index contributed by atoms with van der Waals surface area (Å²) in [5.41, 5.74) is 7.71. The summed E-state index contributed by atoms with van der Waals surface area (Å²) in [5.74, 6) is 0.0653. The molecule has 0 aromatic heterocycles. The lowest BCUT2D eigenvalue weighted by Crippen LogP contribution is -2.40.